The fourth-order valence-electron chi connectivity index (χ4n) is 3.41. The Bertz CT molecular complexity index is 1350. The molecule has 0 radical (unpaired) electrons. The Morgan fingerprint density at radius 1 is 1.15 bits per heavy atom. The number of nitriles is 1. The Balaban J connectivity index is 1.67. The first-order chi connectivity index (χ1) is 16.3. The van der Waals surface area contributed by atoms with Crippen molar-refractivity contribution in [3.8, 4) is 6.07 Å². The van der Waals surface area contributed by atoms with Crippen molar-refractivity contribution < 1.29 is 4.55 Å². The molecule has 34 heavy (non-hydrogen) atoms. The molecule has 0 fully saturated rings. The van der Waals surface area contributed by atoms with Gasteiger partial charge >= 0.3 is 0 Å². The molecule has 2 N–H and O–H groups in total. The van der Waals surface area contributed by atoms with Crippen LogP contribution in [0.4, 0.5) is 23.1 Å². The number of hydrogen-bond donors (Lipinski definition) is 2. The fraction of sp³-hybridized carbons (Fsp3) is 0.217. The molecule has 4 aromatic rings. The summed E-state index contributed by atoms with van der Waals surface area (Å²) < 4.78 is 13.2. The standard InChI is InChI=1S/C23H23ClN8OS/c1-31(2)13-15-4-7-20(26-11-15)29-22-9-21(30-23-17(10-25)12-27-32(22)23)28-18-5-6-19(24)16(8-18)14-34(3)33/h4-9,11-12H,13-14H2,1-3H3,(H,26,29)(H,28,30). The molecule has 174 valence electrons. The summed E-state index contributed by atoms with van der Waals surface area (Å²) in [7, 11) is 4.01. The highest BCUT2D eigenvalue weighted by Gasteiger charge is 2.14. The van der Waals surface area contributed by atoms with E-state index in [1.54, 1.807) is 22.9 Å². The van der Waals surface area contributed by atoms with Crippen LogP contribution in [-0.2, 0) is 23.5 Å². The zero-order valence-electron chi connectivity index (χ0n) is 18.9. The molecule has 3 aromatic heterocycles. The van der Waals surface area contributed by atoms with Gasteiger partial charge in [-0.05, 0) is 43.9 Å². The molecule has 0 saturated heterocycles. The molecule has 3 heterocycles. The van der Waals surface area contributed by atoms with Crippen LogP contribution >= 0.6 is 11.6 Å². The van der Waals surface area contributed by atoms with Crippen molar-refractivity contribution in [1.29, 1.82) is 5.26 Å². The summed E-state index contributed by atoms with van der Waals surface area (Å²) in [4.78, 5) is 11.1. The summed E-state index contributed by atoms with van der Waals surface area (Å²) in [5, 5.41) is 20.9. The van der Waals surface area contributed by atoms with Crippen molar-refractivity contribution in [2.24, 2.45) is 0 Å². The largest absolute Gasteiger partial charge is 0.616 e. The van der Waals surface area contributed by atoms with Crippen LogP contribution in [0.15, 0.2) is 48.8 Å². The third-order valence-electron chi connectivity index (χ3n) is 4.85. The number of anilines is 4. The number of nitrogens with zero attached hydrogens (tertiary/aromatic N) is 6. The highest BCUT2D eigenvalue weighted by molar-refractivity contribution is 7.89. The number of rotatable bonds is 8. The van der Waals surface area contributed by atoms with Gasteiger partial charge in [-0.15, -0.1) is 0 Å². The Hall–Kier alpha value is -3.36. The number of benzene rings is 1. The third kappa shape index (κ3) is 5.58. The molecule has 1 atom stereocenters. The number of fused-ring (bicyclic) bond motifs is 1. The van der Waals surface area contributed by atoms with Crippen molar-refractivity contribution in [1.82, 2.24) is 24.5 Å². The lowest BCUT2D eigenvalue weighted by Crippen LogP contribution is -2.11. The summed E-state index contributed by atoms with van der Waals surface area (Å²) in [6, 6.07) is 13.2. The number of nitrogens with one attached hydrogen (secondary N) is 2. The molecule has 0 aliphatic rings. The highest BCUT2D eigenvalue weighted by atomic mass is 35.5. The minimum Gasteiger partial charge on any atom is -0.616 e. The van der Waals surface area contributed by atoms with Crippen LogP contribution in [0.3, 0.4) is 0 Å². The van der Waals surface area contributed by atoms with Gasteiger partial charge in [0, 0.05) is 35.1 Å². The second-order valence-corrected chi connectivity index (χ2v) is 9.84. The first kappa shape index (κ1) is 23.8. The van der Waals surface area contributed by atoms with Gasteiger partial charge in [0.2, 0.25) is 0 Å². The molecule has 11 heteroatoms. The lowest BCUT2D eigenvalue weighted by Gasteiger charge is -2.14. The zero-order chi connectivity index (χ0) is 24.2. The minimum absolute atomic E-state index is 0.346. The Labute approximate surface area is 205 Å². The average molecular weight is 495 g/mol. The van der Waals surface area contributed by atoms with Gasteiger partial charge in [-0.1, -0.05) is 28.8 Å². The summed E-state index contributed by atoms with van der Waals surface area (Å²) in [5.74, 6) is 2.08. The van der Waals surface area contributed by atoms with Crippen molar-refractivity contribution in [3.63, 3.8) is 0 Å². The van der Waals surface area contributed by atoms with Gasteiger partial charge in [0.05, 0.1) is 12.5 Å². The highest BCUT2D eigenvalue weighted by Crippen LogP contribution is 2.27. The summed E-state index contributed by atoms with van der Waals surface area (Å²) >= 11 is 5.23. The number of halogens is 1. The van der Waals surface area contributed by atoms with E-state index < -0.39 is 11.2 Å². The Kier molecular flexibility index (Phi) is 7.19. The summed E-state index contributed by atoms with van der Waals surface area (Å²) in [6.07, 6.45) is 4.92. The van der Waals surface area contributed by atoms with Crippen LogP contribution < -0.4 is 10.6 Å². The molecule has 9 nitrogen and oxygen atoms in total. The van der Waals surface area contributed by atoms with E-state index >= 15 is 0 Å². The third-order valence-corrected chi connectivity index (χ3v) is 5.94. The molecular formula is C23H23ClN8OS. The fourth-order valence-corrected chi connectivity index (χ4v) is 4.35. The van der Waals surface area contributed by atoms with Crippen LogP contribution in [0.1, 0.15) is 16.7 Å². The van der Waals surface area contributed by atoms with E-state index in [2.05, 4.69) is 36.7 Å². The second-order valence-electron chi connectivity index (χ2n) is 8.00. The molecule has 4 rings (SSSR count). The van der Waals surface area contributed by atoms with E-state index in [1.165, 1.54) is 6.20 Å². The Morgan fingerprint density at radius 2 is 1.97 bits per heavy atom. The predicted octanol–water partition coefficient (Wildman–Crippen LogP) is 4.08. The molecule has 0 aliphatic heterocycles. The number of hydrogen-bond acceptors (Lipinski definition) is 8. The zero-order valence-corrected chi connectivity index (χ0v) is 20.5. The monoisotopic (exact) mass is 494 g/mol. The first-order valence-corrected chi connectivity index (χ1v) is 12.4. The molecule has 1 aromatic carbocycles. The van der Waals surface area contributed by atoms with Gasteiger partial charge in [0.1, 0.15) is 34.8 Å². The van der Waals surface area contributed by atoms with Gasteiger partial charge in [0.25, 0.3) is 0 Å². The van der Waals surface area contributed by atoms with Gasteiger partial charge < -0.3 is 20.1 Å². The quantitative estimate of drug-likeness (QED) is 0.352. The average Bonchev–Trinajstić information content (AvgIpc) is 3.20. The molecule has 0 saturated carbocycles. The molecule has 0 bridgehead atoms. The van der Waals surface area contributed by atoms with Gasteiger partial charge in [-0.2, -0.15) is 14.9 Å². The van der Waals surface area contributed by atoms with Crippen LogP contribution in [0.2, 0.25) is 5.02 Å². The van der Waals surface area contributed by atoms with Gasteiger partial charge in [-0.3, -0.25) is 0 Å². The van der Waals surface area contributed by atoms with E-state index in [-0.39, 0.29) is 0 Å². The SMILES string of the molecule is CN(C)Cc1ccc(Nc2cc(Nc3ccc(Cl)c(C[S+](C)[O-])c3)nc3c(C#N)cnn23)nc1. The molecular weight excluding hydrogens is 472 g/mol. The lowest BCUT2D eigenvalue weighted by atomic mass is 10.2. The van der Waals surface area contributed by atoms with E-state index in [0.717, 1.165) is 23.4 Å². The van der Waals surface area contributed by atoms with Crippen LogP contribution in [0.25, 0.3) is 5.65 Å². The molecule has 0 spiro atoms. The Morgan fingerprint density at radius 3 is 2.65 bits per heavy atom. The summed E-state index contributed by atoms with van der Waals surface area (Å²) in [5.41, 5.74) is 3.35. The van der Waals surface area contributed by atoms with Crippen molar-refractivity contribution in [2.75, 3.05) is 31.0 Å². The molecule has 0 amide bonds. The molecule has 0 aliphatic carbocycles. The van der Waals surface area contributed by atoms with E-state index in [4.69, 9.17) is 11.6 Å². The number of pyridine rings is 1. The van der Waals surface area contributed by atoms with Crippen molar-refractivity contribution in [3.05, 3.63) is 70.5 Å². The first-order valence-electron chi connectivity index (χ1n) is 10.3. The second kappa shape index (κ2) is 10.3. The van der Waals surface area contributed by atoms with Gasteiger partial charge in [-0.25, -0.2) is 9.97 Å². The van der Waals surface area contributed by atoms with E-state index in [1.807, 2.05) is 44.6 Å². The topological polar surface area (TPSA) is 117 Å². The maximum absolute atomic E-state index is 11.7. The smallest absolute Gasteiger partial charge is 0.177 e. The summed E-state index contributed by atoms with van der Waals surface area (Å²) in [6.45, 7) is 0.792. The van der Waals surface area contributed by atoms with Crippen LogP contribution in [0, 0.1) is 11.3 Å². The van der Waals surface area contributed by atoms with Crippen LogP contribution in [-0.4, -0.2) is 49.4 Å². The maximum Gasteiger partial charge on any atom is 0.177 e. The normalized spacial score (nSPS) is 12.0. The lowest BCUT2D eigenvalue weighted by molar-refractivity contribution is 0.402. The van der Waals surface area contributed by atoms with Gasteiger partial charge in [0.15, 0.2) is 5.65 Å². The van der Waals surface area contributed by atoms with Crippen LogP contribution in [0.5, 0.6) is 0 Å². The van der Waals surface area contributed by atoms with E-state index in [0.29, 0.717) is 39.4 Å². The molecule has 1 unspecified atom stereocenters. The maximum atomic E-state index is 11.7. The van der Waals surface area contributed by atoms with Crippen molar-refractivity contribution >= 4 is 51.6 Å². The minimum atomic E-state index is -1.03. The van der Waals surface area contributed by atoms with Crippen molar-refractivity contribution in [2.45, 2.75) is 12.3 Å². The predicted molar refractivity (Wildman–Crippen MR) is 135 cm³/mol. The van der Waals surface area contributed by atoms with E-state index in [9.17, 15) is 9.81 Å². The number of aromatic nitrogens is 4.